The van der Waals surface area contributed by atoms with E-state index >= 15 is 0 Å². The van der Waals surface area contributed by atoms with Crippen molar-refractivity contribution >= 4 is 46.9 Å². The standard InChI is InChI=1S/C22H38N2OS3/c1-5-6-7-8-9-10-11-12-13-14-15-28-17-20(25)24-21-19(26-3)16-18(2)23-22(21)27-4/h16H,5-15,17H2,1-4H3,(H,24,25). The summed E-state index contributed by atoms with van der Waals surface area (Å²) in [5.41, 5.74) is 1.86. The minimum absolute atomic E-state index is 0.0772. The van der Waals surface area contributed by atoms with Crippen LogP contribution in [0, 0.1) is 6.92 Å². The van der Waals surface area contributed by atoms with Gasteiger partial charge in [0.25, 0.3) is 0 Å². The van der Waals surface area contributed by atoms with Crippen LogP contribution < -0.4 is 5.32 Å². The third-order valence-corrected chi connectivity index (χ3v) is 7.12. The number of hydrogen-bond donors (Lipinski definition) is 1. The Labute approximate surface area is 185 Å². The highest BCUT2D eigenvalue weighted by Gasteiger charge is 2.13. The van der Waals surface area contributed by atoms with Crippen LogP contribution in [-0.2, 0) is 4.79 Å². The van der Waals surface area contributed by atoms with E-state index in [9.17, 15) is 4.79 Å². The predicted octanol–water partition coefficient (Wildman–Crippen LogP) is 7.43. The lowest BCUT2D eigenvalue weighted by Crippen LogP contribution is -2.16. The highest BCUT2D eigenvalue weighted by atomic mass is 32.2. The molecule has 0 saturated heterocycles. The quantitative estimate of drug-likeness (QED) is 0.213. The van der Waals surface area contributed by atoms with Crippen LogP contribution in [0.5, 0.6) is 0 Å². The Morgan fingerprint density at radius 3 is 2.14 bits per heavy atom. The van der Waals surface area contributed by atoms with E-state index in [1.807, 2.05) is 25.5 Å². The van der Waals surface area contributed by atoms with Crippen molar-refractivity contribution in [3.05, 3.63) is 11.8 Å². The predicted molar refractivity (Wildman–Crippen MR) is 130 cm³/mol. The van der Waals surface area contributed by atoms with Crippen molar-refractivity contribution in [3.63, 3.8) is 0 Å². The van der Waals surface area contributed by atoms with Crippen LogP contribution in [-0.4, -0.2) is 34.9 Å². The summed E-state index contributed by atoms with van der Waals surface area (Å²) >= 11 is 4.98. The zero-order chi connectivity index (χ0) is 20.6. The number of nitrogens with zero attached hydrogens (tertiary/aromatic N) is 1. The Kier molecular flexibility index (Phi) is 15.1. The van der Waals surface area contributed by atoms with Crippen LogP contribution in [0.25, 0.3) is 0 Å². The number of aromatic nitrogens is 1. The Balaban J connectivity index is 2.15. The molecule has 1 heterocycles. The number of pyridine rings is 1. The summed E-state index contributed by atoms with van der Waals surface area (Å²) in [6.07, 6.45) is 17.6. The monoisotopic (exact) mass is 442 g/mol. The Bertz CT molecular complexity index is 542. The van der Waals surface area contributed by atoms with Gasteiger partial charge in [-0.1, -0.05) is 64.7 Å². The number of anilines is 1. The van der Waals surface area contributed by atoms with Crippen molar-refractivity contribution in [2.75, 3.05) is 29.3 Å². The summed E-state index contributed by atoms with van der Waals surface area (Å²) < 4.78 is 0. The summed E-state index contributed by atoms with van der Waals surface area (Å²) in [6, 6.07) is 2.04. The lowest BCUT2D eigenvalue weighted by Gasteiger charge is -2.13. The van der Waals surface area contributed by atoms with Crippen LogP contribution in [0.1, 0.15) is 76.8 Å². The lowest BCUT2D eigenvalue weighted by molar-refractivity contribution is -0.113. The highest BCUT2D eigenvalue weighted by Crippen LogP contribution is 2.33. The SMILES string of the molecule is CCCCCCCCCCCCSCC(=O)Nc1c(SC)cc(C)nc1SC. The molecule has 0 aliphatic heterocycles. The molecule has 1 rings (SSSR count). The molecule has 1 aromatic heterocycles. The van der Waals surface area contributed by atoms with Gasteiger partial charge < -0.3 is 5.32 Å². The van der Waals surface area contributed by atoms with E-state index in [0.717, 1.165) is 27.1 Å². The van der Waals surface area contributed by atoms with Crippen LogP contribution in [0.2, 0.25) is 0 Å². The molecule has 1 N–H and O–H groups in total. The van der Waals surface area contributed by atoms with Gasteiger partial charge in [0.05, 0.1) is 11.4 Å². The zero-order valence-electron chi connectivity index (χ0n) is 18.1. The summed E-state index contributed by atoms with van der Waals surface area (Å²) in [7, 11) is 0. The van der Waals surface area contributed by atoms with E-state index in [4.69, 9.17) is 0 Å². The maximum Gasteiger partial charge on any atom is 0.234 e. The van der Waals surface area contributed by atoms with Crippen LogP contribution in [0.3, 0.4) is 0 Å². The molecule has 0 spiro atoms. The number of carbonyl (C=O) groups is 1. The van der Waals surface area contributed by atoms with Gasteiger partial charge >= 0.3 is 0 Å². The Morgan fingerprint density at radius 1 is 0.964 bits per heavy atom. The third-order valence-electron chi connectivity index (χ3n) is 4.63. The van der Waals surface area contributed by atoms with Gasteiger partial charge in [-0.05, 0) is 37.7 Å². The number of amides is 1. The van der Waals surface area contributed by atoms with Crippen molar-refractivity contribution in [2.24, 2.45) is 0 Å². The maximum atomic E-state index is 12.3. The van der Waals surface area contributed by atoms with E-state index in [-0.39, 0.29) is 5.91 Å². The average molecular weight is 443 g/mol. The third kappa shape index (κ3) is 11.0. The molecule has 0 bridgehead atoms. The molecule has 0 aromatic carbocycles. The van der Waals surface area contributed by atoms with Gasteiger partial charge in [0.1, 0.15) is 5.03 Å². The first-order valence-corrected chi connectivity index (χ1v) is 14.2. The van der Waals surface area contributed by atoms with E-state index in [2.05, 4.69) is 17.2 Å². The fourth-order valence-electron chi connectivity index (χ4n) is 3.07. The summed E-state index contributed by atoms with van der Waals surface area (Å²) in [5.74, 6) is 1.67. The van der Waals surface area contributed by atoms with Crippen molar-refractivity contribution in [1.82, 2.24) is 4.98 Å². The zero-order valence-corrected chi connectivity index (χ0v) is 20.6. The van der Waals surface area contributed by atoms with Gasteiger partial charge in [0, 0.05) is 10.6 Å². The summed E-state index contributed by atoms with van der Waals surface area (Å²) in [4.78, 5) is 18.0. The molecule has 0 radical (unpaired) electrons. The van der Waals surface area contributed by atoms with Crippen molar-refractivity contribution < 1.29 is 4.79 Å². The molecule has 0 aliphatic rings. The van der Waals surface area contributed by atoms with Crippen LogP contribution in [0.4, 0.5) is 5.69 Å². The number of thioether (sulfide) groups is 3. The molecular formula is C22H38N2OS3. The molecule has 0 fully saturated rings. The van der Waals surface area contributed by atoms with Crippen LogP contribution >= 0.6 is 35.3 Å². The maximum absolute atomic E-state index is 12.3. The van der Waals surface area contributed by atoms with Gasteiger partial charge in [-0.2, -0.15) is 11.8 Å². The molecule has 0 aliphatic carbocycles. The topological polar surface area (TPSA) is 42.0 Å². The Hall–Kier alpha value is -0.330. The highest BCUT2D eigenvalue weighted by molar-refractivity contribution is 8.00. The van der Waals surface area contributed by atoms with Gasteiger partial charge in [-0.25, -0.2) is 4.98 Å². The number of unbranched alkanes of at least 4 members (excludes halogenated alkanes) is 9. The first kappa shape index (κ1) is 25.7. The molecule has 1 aromatic rings. The number of aryl methyl sites for hydroxylation is 1. The molecule has 28 heavy (non-hydrogen) atoms. The Morgan fingerprint density at radius 2 is 1.57 bits per heavy atom. The second kappa shape index (κ2) is 16.5. The first-order chi connectivity index (χ1) is 13.6. The van der Waals surface area contributed by atoms with Gasteiger partial charge in [0.15, 0.2) is 0 Å². The fraction of sp³-hybridized carbons (Fsp3) is 0.727. The number of rotatable bonds is 16. The van der Waals surface area contributed by atoms with Crippen molar-refractivity contribution in [1.29, 1.82) is 0 Å². The van der Waals surface area contributed by atoms with Crippen molar-refractivity contribution in [3.8, 4) is 0 Å². The summed E-state index contributed by atoms with van der Waals surface area (Å²) in [5, 5.41) is 3.98. The number of nitrogens with one attached hydrogen (secondary N) is 1. The molecule has 6 heteroatoms. The van der Waals surface area contributed by atoms with Gasteiger partial charge in [0.2, 0.25) is 5.91 Å². The van der Waals surface area contributed by atoms with E-state index in [1.165, 1.54) is 64.2 Å². The van der Waals surface area contributed by atoms with E-state index in [1.54, 1.807) is 35.3 Å². The second-order valence-electron chi connectivity index (χ2n) is 7.13. The average Bonchev–Trinajstić information content (AvgIpc) is 2.69. The smallest absolute Gasteiger partial charge is 0.234 e. The molecule has 0 saturated carbocycles. The minimum Gasteiger partial charge on any atom is -0.322 e. The number of carbonyl (C=O) groups excluding carboxylic acids is 1. The second-order valence-corrected chi connectivity index (χ2v) is 9.88. The molecule has 0 unspecified atom stereocenters. The summed E-state index contributed by atoms with van der Waals surface area (Å²) in [6.45, 7) is 4.26. The molecule has 0 atom stereocenters. The van der Waals surface area contributed by atoms with E-state index < -0.39 is 0 Å². The molecule has 3 nitrogen and oxygen atoms in total. The van der Waals surface area contributed by atoms with E-state index in [0.29, 0.717) is 5.75 Å². The molecular weight excluding hydrogens is 404 g/mol. The normalized spacial score (nSPS) is 11.0. The van der Waals surface area contributed by atoms with Crippen LogP contribution in [0.15, 0.2) is 16.0 Å². The lowest BCUT2D eigenvalue weighted by atomic mass is 10.1. The molecule has 1 amide bonds. The van der Waals surface area contributed by atoms with Gasteiger partial charge in [-0.15, -0.1) is 23.5 Å². The largest absolute Gasteiger partial charge is 0.322 e. The first-order valence-electron chi connectivity index (χ1n) is 10.6. The van der Waals surface area contributed by atoms with Crippen molar-refractivity contribution in [2.45, 2.75) is 88.0 Å². The minimum atomic E-state index is 0.0772. The molecule has 160 valence electrons. The van der Waals surface area contributed by atoms with Gasteiger partial charge in [-0.3, -0.25) is 4.79 Å². The number of hydrogen-bond acceptors (Lipinski definition) is 5. The fourth-order valence-corrected chi connectivity index (χ4v) is 5.19.